The van der Waals surface area contributed by atoms with Crippen molar-refractivity contribution in [3.63, 3.8) is 0 Å². The minimum Gasteiger partial charge on any atom is -0.493 e. The third kappa shape index (κ3) is 6.83. The molecular weight excluding hydrogens is 427 g/mol. The predicted octanol–water partition coefficient (Wildman–Crippen LogP) is 2.80. The van der Waals surface area contributed by atoms with Crippen molar-refractivity contribution in [2.24, 2.45) is 5.73 Å². The van der Waals surface area contributed by atoms with E-state index < -0.39 is 17.3 Å². The average Bonchev–Trinajstić information content (AvgIpc) is 2.73. The molecule has 1 aliphatic heterocycles. The minimum atomic E-state index is -1.05. The number of rotatable bonds is 9. The molecule has 166 valence electrons. The van der Waals surface area contributed by atoms with Crippen LogP contribution in [0, 0.1) is 5.82 Å². The summed E-state index contributed by atoms with van der Waals surface area (Å²) < 4.78 is 30.3. The first-order valence-corrected chi connectivity index (χ1v) is 10.2. The smallest absolute Gasteiger partial charge is 0.226 e. The second kappa shape index (κ2) is 10.5. The van der Waals surface area contributed by atoms with Gasteiger partial charge in [0.25, 0.3) is 0 Å². The van der Waals surface area contributed by atoms with Gasteiger partial charge in [-0.25, -0.2) is 4.39 Å². The summed E-state index contributed by atoms with van der Waals surface area (Å²) in [5, 5.41) is 0.574. The van der Waals surface area contributed by atoms with Gasteiger partial charge in [-0.1, -0.05) is 17.7 Å². The highest BCUT2D eigenvalue weighted by molar-refractivity contribution is 6.30. The number of carbonyl (C=O) groups excluding carboxylic acids is 2. The Morgan fingerprint density at radius 2 is 1.94 bits per heavy atom. The van der Waals surface area contributed by atoms with Crippen molar-refractivity contribution in [2.75, 3.05) is 32.9 Å². The van der Waals surface area contributed by atoms with Crippen LogP contribution in [-0.2, 0) is 14.3 Å². The van der Waals surface area contributed by atoms with Gasteiger partial charge in [0.15, 0.2) is 0 Å². The first-order chi connectivity index (χ1) is 14.8. The Morgan fingerprint density at radius 1 is 1.16 bits per heavy atom. The van der Waals surface area contributed by atoms with Gasteiger partial charge >= 0.3 is 0 Å². The Kier molecular flexibility index (Phi) is 7.70. The lowest BCUT2D eigenvalue weighted by molar-refractivity contribution is -0.162. The monoisotopic (exact) mass is 450 g/mol. The number of morpholine rings is 1. The Bertz CT molecular complexity index is 911. The molecule has 2 aromatic rings. The number of carbonyl (C=O) groups is 2. The number of hydrogen-bond acceptors (Lipinski definition) is 5. The Balaban J connectivity index is 1.58. The molecular formula is C22H24ClFN2O5. The fourth-order valence-corrected chi connectivity index (χ4v) is 3.46. The summed E-state index contributed by atoms with van der Waals surface area (Å²) in [6.45, 7) is 0.918. The molecule has 1 aliphatic rings. The Morgan fingerprint density at radius 3 is 2.65 bits per heavy atom. The molecule has 2 N–H and O–H groups in total. The van der Waals surface area contributed by atoms with E-state index in [1.54, 1.807) is 35.2 Å². The van der Waals surface area contributed by atoms with Crippen molar-refractivity contribution in [2.45, 2.75) is 18.4 Å². The van der Waals surface area contributed by atoms with Gasteiger partial charge in [0.1, 0.15) is 29.5 Å². The van der Waals surface area contributed by atoms with Crippen molar-refractivity contribution in [1.29, 1.82) is 0 Å². The van der Waals surface area contributed by atoms with Crippen LogP contribution in [0.3, 0.4) is 0 Å². The van der Waals surface area contributed by atoms with Crippen molar-refractivity contribution in [1.82, 2.24) is 4.90 Å². The number of nitrogens with zero attached hydrogens (tertiary/aromatic N) is 1. The van der Waals surface area contributed by atoms with Gasteiger partial charge in [-0.15, -0.1) is 0 Å². The normalized spacial score (nSPS) is 18.5. The summed E-state index contributed by atoms with van der Waals surface area (Å²) in [4.78, 5) is 26.0. The van der Waals surface area contributed by atoms with E-state index in [1.165, 1.54) is 18.2 Å². The van der Waals surface area contributed by atoms with Gasteiger partial charge in [0.05, 0.1) is 32.6 Å². The van der Waals surface area contributed by atoms with Crippen LogP contribution in [0.5, 0.6) is 11.5 Å². The number of hydrogen-bond donors (Lipinski definition) is 1. The third-order valence-corrected chi connectivity index (χ3v) is 5.05. The zero-order valence-corrected chi connectivity index (χ0v) is 17.6. The van der Waals surface area contributed by atoms with E-state index in [4.69, 9.17) is 31.5 Å². The first kappa shape index (κ1) is 22.8. The van der Waals surface area contributed by atoms with E-state index in [-0.39, 0.29) is 45.1 Å². The molecule has 0 saturated carbocycles. The van der Waals surface area contributed by atoms with Gasteiger partial charge in [-0.2, -0.15) is 0 Å². The maximum Gasteiger partial charge on any atom is 0.226 e. The molecule has 1 atom stereocenters. The fraction of sp³-hybridized carbons (Fsp3) is 0.364. The van der Waals surface area contributed by atoms with Gasteiger partial charge in [0, 0.05) is 17.6 Å². The highest BCUT2D eigenvalue weighted by Gasteiger charge is 2.40. The zero-order valence-electron chi connectivity index (χ0n) is 16.9. The highest BCUT2D eigenvalue weighted by Crippen LogP contribution is 2.25. The summed E-state index contributed by atoms with van der Waals surface area (Å²) in [6.07, 6.45) is 0.00533. The molecule has 0 aliphatic carbocycles. The van der Waals surface area contributed by atoms with Gasteiger partial charge in [-0.3, -0.25) is 9.59 Å². The van der Waals surface area contributed by atoms with Crippen LogP contribution in [0.1, 0.15) is 12.8 Å². The number of benzene rings is 2. The standard InChI is InChI=1S/C22H24ClFN2O5/c23-16-4-6-18(7-5-16)30-15-22(13-20(25)27)14-26(9-11-31-22)21(28)8-10-29-19-3-1-2-17(24)12-19/h1-7,12H,8-11,13-15H2,(H2,25,27)/t22-/m0/s1. The molecule has 0 spiro atoms. The molecule has 0 radical (unpaired) electrons. The molecule has 1 fully saturated rings. The van der Waals surface area contributed by atoms with E-state index in [2.05, 4.69) is 0 Å². The third-order valence-electron chi connectivity index (χ3n) is 4.79. The molecule has 0 unspecified atom stereocenters. The Labute approximate surface area is 184 Å². The summed E-state index contributed by atoms with van der Waals surface area (Å²) in [6, 6.07) is 12.5. The number of amides is 2. The minimum absolute atomic E-state index is 0.0428. The van der Waals surface area contributed by atoms with Crippen molar-refractivity contribution in [3.05, 3.63) is 59.4 Å². The molecule has 1 saturated heterocycles. The number of primary amides is 1. The number of halogens is 2. The highest BCUT2D eigenvalue weighted by atomic mass is 35.5. The predicted molar refractivity (Wildman–Crippen MR) is 113 cm³/mol. The fourth-order valence-electron chi connectivity index (χ4n) is 3.34. The van der Waals surface area contributed by atoms with Crippen LogP contribution in [0.25, 0.3) is 0 Å². The summed E-state index contributed by atoms with van der Waals surface area (Å²) >= 11 is 5.88. The van der Waals surface area contributed by atoms with Gasteiger partial charge in [-0.05, 0) is 36.4 Å². The van der Waals surface area contributed by atoms with Crippen LogP contribution in [-0.4, -0.2) is 55.2 Å². The maximum absolute atomic E-state index is 13.2. The summed E-state index contributed by atoms with van der Waals surface area (Å²) in [5.41, 5.74) is 4.38. The zero-order chi connectivity index (χ0) is 22.3. The van der Waals surface area contributed by atoms with Crippen molar-refractivity contribution >= 4 is 23.4 Å². The first-order valence-electron chi connectivity index (χ1n) is 9.82. The lowest BCUT2D eigenvalue weighted by Gasteiger charge is -2.42. The van der Waals surface area contributed by atoms with Crippen LogP contribution >= 0.6 is 11.6 Å². The number of nitrogens with two attached hydrogens (primary N) is 1. The Hall–Kier alpha value is -2.84. The maximum atomic E-state index is 13.2. The van der Waals surface area contributed by atoms with E-state index >= 15 is 0 Å². The quantitative estimate of drug-likeness (QED) is 0.634. The van der Waals surface area contributed by atoms with E-state index in [0.29, 0.717) is 23.1 Å². The van der Waals surface area contributed by atoms with E-state index in [1.807, 2.05) is 0 Å². The van der Waals surface area contributed by atoms with Crippen LogP contribution < -0.4 is 15.2 Å². The molecule has 7 nitrogen and oxygen atoms in total. The molecule has 1 heterocycles. The molecule has 31 heavy (non-hydrogen) atoms. The van der Waals surface area contributed by atoms with Crippen LogP contribution in [0.15, 0.2) is 48.5 Å². The lowest BCUT2D eigenvalue weighted by atomic mass is 9.97. The molecule has 3 rings (SSSR count). The van der Waals surface area contributed by atoms with Crippen LogP contribution in [0.2, 0.25) is 5.02 Å². The molecule has 9 heteroatoms. The average molecular weight is 451 g/mol. The van der Waals surface area contributed by atoms with Crippen molar-refractivity contribution < 1.29 is 28.2 Å². The molecule has 2 amide bonds. The molecule has 2 aromatic carbocycles. The van der Waals surface area contributed by atoms with E-state index in [9.17, 15) is 14.0 Å². The lowest BCUT2D eigenvalue weighted by Crippen LogP contribution is -2.58. The summed E-state index contributed by atoms with van der Waals surface area (Å²) in [7, 11) is 0. The van der Waals surface area contributed by atoms with E-state index in [0.717, 1.165) is 0 Å². The van der Waals surface area contributed by atoms with Gasteiger partial charge in [0.2, 0.25) is 11.8 Å². The molecule has 0 bridgehead atoms. The largest absolute Gasteiger partial charge is 0.493 e. The second-order valence-electron chi connectivity index (χ2n) is 7.29. The summed E-state index contributed by atoms with van der Waals surface area (Å²) in [5.74, 6) is -0.213. The number of ether oxygens (including phenoxy) is 3. The topological polar surface area (TPSA) is 91.1 Å². The molecule has 0 aromatic heterocycles. The second-order valence-corrected chi connectivity index (χ2v) is 7.72. The SMILES string of the molecule is NC(=O)C[C@@]1(COc2ccc(Cl)cc2)CN(C(=O)CCOc2cccc(F)c2)CCO1. The van der Waals surface area contributed by atoms with Crippen LogP contribution in [0.4, 0.5) is 4.39 Å². The van der Waals surface area contributed by atoms with Crippen molar-refractivity contribution in [3.8, 4) is 11.5 Å². The van der Waals surface area contributed by atoms with Gasteiger partial charge < -0.3 is 24.8 Å².